The van der Waals surface area contributed by atoms with Gasteiger partial charge in [-0.2, -0.15) is 8.78 Å². The van der Waals surface area contributed by atoms with Crippen molar-refractivity contribution in [1.29, 1.82) is 0 Å². The van der Waals surface area contributed by atoms with Crippen molar-refractivity contribution in [1.82, 2.24) is 10.6 Å². The van der Waals surface area contributed by atoms with Gasteiger partial charge in [-0.1, -0.05) is 11.8 Å². The zero-order valence-electron chi connectivity index (χ0n) is 11.8. The summed E-state index contributed by atoms with van der Waals surface area (Å²) in [7, 11) is 1.60. The summed E-state index contributed by atoms with van der Waals surface area (Å²) in [6.45, 7) is 4.63. The van der Waals surface area contributed by atoms with E-state index in [2.05, 4.69) is 10.6 Å². The smallest absolute Gasteiger partial charge is 0.284 e. The molecule has 1 rings (SSSR count). The van der Waals surface area contributed by atoms with Crippen molar-refractivity contribution in [2.24, 2.45) is 5.41 Å². The molecule has 4 nitrogen and oxygen atoms in total. The molecule has 7 heteroatoms. The molecule has 0 atom stereocenters. The molecule has 0 aliphatic rings. The van der Waals surface area contributed by atoms with Gasteiger partial charge in [-0.15, -0.1) is 0 Å². The number of carbonyl (C=O) groups excluding carboxylic acids is 1. The van der Waals surface area contributed by atoms with E-state index >= 15 is 0 Å². The molecule has 0 saturated heterocycles. The van der Waals surface area contributed by atoms with Gasteiger partial charge >= 0.3 is 0 Å². The molecule has 1 aromatic rings. The average Bonchev–Trinajstić information content (AvgIpc) is 2.83. The molecule has 1 amide bonds. The Hall–Kier alpha value is -1.08. The van der Waals surface area contributed by atoms with Gasteiger partial charge in [0.05, 0.1) is 17.7 Å². The molecule has 0 fully saturated rings. The second-order valence-electron chi connectivity index (χ2n) is 5.01. The first-order chi connectivity index (χ1) is 9.35. The minimum absolute atomic E-state index is 0.0431. The SMILES string of the molecule is CNC(=O)C(C)(C)CNCc1ccc(CSC(F)F)o1. The van der Waals surface area contributed by atoms with Crippen molar-refractivity contribution in [3.8, 4) is 0 Å². The Morgan fingerprint density at radius 1 is 1.40 bits per heavy atom. The topological polar surface area (TPSA) is 54.3 Å². The van der Waals surface area contributed by atoms with Gasteiger partial charge in [0, 0.05) is 13.6 Å². The van der Waals surface area contributed by atoms with Gasteiger partial charge in [0.2, 0.25) is 5.91 Å². The first kappa shape index (κ1) is 17.0. The van der Waals surface area contributed by atoms with Crippen LogP contribution < -0.4 is 10.6 Å². The molecule has 0 saturated carbocycles. The van der Waals surface area contributed by atoms with Crippen molar-refractivity contribution in [3.05, 3.63) is 23.7 Å². The van der Waals surface area contributed by atoms with E-state index in [0.717, 1.165) is 0 Å². The molecule has 0 bridgehead atoms. The van der Waals surface area contributed by atoms with Gasteiger partial charge in [-0.25, -0.2) is 0 Å². The van der Waals surface area contributed by atoms with Crippen molar-refractivity contribution in [2.45, 2.75) is 31.9 Å². The van der Waals surface area contributed by atoms with Crippen LogP contribution in [-0.4, -0.2) is 25.3 Å². The number of furan rings is 1. The van der Waals surface area contributed by atoms with Crippen LogP contribution in [0.4, 0.5) is 8.78 Å². The molecule has 0 spiro atoms. The van der Waals surface area contributed by atoms with Gasteiger partial charge in [0.15, 0.2) is 0 Å². The third-order valence-electron chi connectivity index (χ3n) is 2.78. The summed E-state index contributed by atoms with van der Waals surface area (Å²) in [6, 6.07) is 3.44. The van der Waals surface area contributed by atoms with Crippen LogP contribution in [0.5, 0.6) is 0 Å². The zero-order valence-corrected chi connectivity index (χ0v) is 12.7. The van der Waals surface area contributed by atoms with Crippen molar-refractivity contribution >= 4 is 17.7 Å². The van der Waals surface area contributed by atoms with Gasteiger partial charge in [-0.05, 0) is 26.0 Å². The van der Waals surface area contributed by atoms with E-state index in [1.165, 1.54) is 0 Å². The van der Waals surface area contributed by atoms with Crippen LogP contribution in [0, 0.1) is 5.41 Å². The standard InChI is InChI=1S/C13H20F2N2O2S/c1-13(2,11(18)16-3)8-17-6-9-4-5-10(19-9)7-20-12(14)15/h4-5,12,17H,6-8H2,1-3H3,(H,16,18). The highest BCUT2D eigenvalue weighted by molar-refractivity contribution is 7.98. The largest absolute Gasteiger partial charge is 0.464 e. The molecule has 0 aromatic carbocycles. The van der Waals surface area contributed by atoms with Crippen LogP contribution in [0.2, 0.25) is 0 Å². The summed E-state index contributed by atoms with van der Waals surface area (Å²) >= 11 is 0.532. The first-order valence-electron chi connectivity index (χ1n) is 6.25. The normalized spacial score (nSPS) is 11.9. The molecule has 20 heavy (non-hydrogen) atoms. The Morgan fingerprint density at radius 2 is 2.05 bits per heavy atom. The lowest BCUT2D eigenvalue weighted by atomic mass is 9.92. The second kappa shape index (κ2) is 7.64. The van der Waals surface area contributed by atoms with Gasteiger partial charge in [0.25, 0.3) is 5.76 Å². The quantitative estimate of drug-likeness (QED) is 0.775. The number of hydrogen-bond acceptors (Lipinski definition) is 4. The molecule has 0 radical (unpaired) electrons. The number of rotatable bonds is 8. The summed E-state index contributed by atoms with van der Waals surface area (Å²) in [5.74, 6) is -1.09. The van der Waals surface area contributed by atoms with E-state index in [1.807, 2.05) is 13.8 Å². The van der Waals surface area contributed by atoms with E-state index in [-0.39, 0.29) is 11.7 Å². The van der Waals surface area contributed by atoms with E-state index in [0.29, 0.717) is 36.4 Å². The second-order valence-corrected chi connectivity index (χ2v) is 5.98. The van der Waals surface area contributed by atoms with E-state index in [4.69, 9.17) is 4.42 Å². The lowest BCUT2D eigenvalue weighted by Crippen LogP contribution is -2.41. The van der Waals surface area contributed by atoms with Gasteiger partial charge in [-0.3, -0.25) is 4.79 Å². The molecule has 0 aliphatic heterocycles. The summed E-state index contributed by atoms with van der Waals surface area (Å²) in [6.07, 6.45) is 0. The van der Waals surface area contributed by atoms with Crippen molar-refractivity contribution < 1.29 is 18.0 Å². The number of nitrogens with one attached hydrogen (secondary N) is 2. The third kappa shape index (κ3) is 5.50. The number of carbonyl (C=O) groups is 1. The zero-order chi connectivity index (χ0) is 15.2. The van der Waals surface area contributed by atoms with E-state index in [9.17, 15) is 13.6 Å². The van der Waals surface area contributed by atoms with E-state index < -0.39 is 11.2 Å². The third-order valence-corrected chi connectivity index (χ3v) is 3.48. The van der Waals surface area contributed by atoms with Crippen LogP contribution in [0.3, 0.4) is 0 Å². The summed E-state index contributed by atoms with van der Waals surface area (Å²) in [5, 5.41) is 5.74. The molecule has 114 valence electrons. The highest BCUT2D eigenvalue weighted by Crippen LogP contribution is 2.21. The molecule has 0 aliphatic carbocycles. The Bertz CT molecular complexity index is 436. The lowest BCUT2D eigenvalue weighted by molar-refractivity contribution is -0.128. The maximum atomic E-state index is 12.0. The van der Waals surface area contributed by atoms with Crippen molar-refractivity contribution in [2.75, 3.05) is 13.6 Å². The number of thioether (sulfide) groups is 1. The molecule has 0 unspecified atom stereocenters. The number of halogens is 2. The molecule has 2 N–H and O–H groups in total. The fourth-order valence-electron chi connectivity index (χ4n) is 1.66. The highest BCUT2D eigenvalue weighted by atomic mass is 32.2. The van der Waals surface area contributed by atoms with Crippen LogP contribution >= 0.6 is 11.8 Å². The number of alkyl halides is 2. The Morgan fingerprint density at radius 3 is 2.65 bits per heavy atom. The van der Waals surface area contributed by atoms with Gasteiger partial charge < -0.3 is 15.1 Å². The molecule has 1 aromatic heterocycles. The Balaban J connectivity index is 2.37. The number of amides is 1. The minimum Gasteiger partial charge on any atom is -0.464 e. The monoisotopic (exact) mass is 306 g/mol. The highest BCUT2D eigenvalue weighted by Gasteiger charge is 2.25. The molecule has 1 heterocycles. The molecular formula is C13H20F2N2O2S. The summed E-state index contributed by atoms with van der Waals surface area (Å²) in [4.78, 5) is 11.6. The summed E-state index contributed by atoms with van der Waals surface area (Å²) < 4.78 is 29.5. The predicted octanol–water partition coefficient (Wildman–Crippen LogP) is 2.60. The number of hydrogen-bond donors (Lipinski definition) is 2. The first-order valence-corrected chi connectivity index (χ1v) is 7.30. The summed E-state index contributed by atoms with van der Waals surface area (Å²) in [5.41, 5.74) is -0.518. The minimum atomic E-state index is -2.39. The Labute approximate surface area is 121 Å². The van der Waals surface area contributed by atoms with Crippen LogP contribution in [-0.2, 0) is 17.1 Å². The average molecular weight is 306 g/mol. The van der Waals surface area contributed by atoms with Crippen LogP contribution in [0.25, 0.3) is 0 Å². The Kier molecular flexibility index (Phi) is 6.48. The lowest BCUT2D eigenvalue weighted by Gasteiger charge is -2.22. The maximum Gasteiger partial charge on any atom is 0.284 e. The van der Waals surface area contributed by atoms with E-state index in [1.54, 1.807) is 19.2 Å². The maximum absolute atomic E-state index is 12.0. The molecular weight excluding hydrogens is 286 g/mol. The van der Waals surface area contributed by atoms with Crippen LogP contribution in [0.1, 0.15) is 25.4 Å². The predicted molar refractivity (Wildman–Crippen MR) is 75.6 cm³/mol. The van der Waals surface area contributed by atoms with Gasteiger partial charge in [0.1, 0.15) is 11.5 Å². The van der Waals surface area contributed by atoms with Crippen LogP contribution in [0.15, 0.2) is 16.5 Å². The fourth-order valence-corrected chi connectivity index (χ4v) is 2.10. The fraction of sp³-hybridized carbons (Fsp3) is 0.615. The van der Waals surface area contributed by atoms with Crippen molar-refractivity contribution in [3.63, 3.8) is 0 Å².